The Hall–Kier alpha value is -2.77. The number of rotatable bonds is 8. The van der Waals surface area contributed by atoms with Crippen molar-refractivity contribution in [2.75, 3.05) is 32.7 Å². The van der Waals surface area contributed by atoms with Gasteiger partial charge in [-0.2, -0.15) is 5.26 Å². The molecule has 2 heterocycles. The van der Waals surface area contributed by atoms with Gasteiger partial charge in [0.25, 0.3) is 5.92 Å². The molecule has 0 unspecified atom stereocenters. The molecule has 2 amide bonds. The van der Waals surface area contributed by atoms with E-state index in [0.717, 1.165) is 25.9 Å². The van der Waals surface area contributed by atoms with Gasteiger partial charge in [-0.1, -0.05) is 37.3 Å². The zero-order chi connectivity index (χ0) is 26.4. The van der Waals surface area contributed by atoms with Crippen molar-refractivity contribution in [1.29, 1.82) is 5.26 Å². The number of piperidine rings is 1. The molecule has 4 rings (SSSR count). The molecule has 3 fully saturated rings. The number of hydrogen-bond acceptors (Lipinski definition) is 5. The molecule has 4 N–H and O–H groups in total. The summed E-state index contributed by atoms with van der Waals surface area (Å²) in [5, 5.41) is 20.2. The van der Waals surface area contributed by atoms with Crippen LogP contribution in [0.4, 0.5) is 13.6 Å². The summed E-state index contributed by atoms with van der Waals surface area (Å²) in [5.41, 5.74) is 5.61. The molecule has 1 aromatic carbocycles. The van der Waals surface area contributed by atoms with Gasteiger partial charge < -0.3 is 26.0 Å². The maximum atomic E-state index is 13.9. The van der Waals surface area contributed by atoms with Gasteiger partial charge >= 0.3 is 6.09 Å². The zero-order valence-corrected chi connectivity index (χ0v) is 20.9. The second-order valence-corrected chi connectivity index (χ2v) is 10.5. The number of likely N-dealkylation sites (tertiary alicyclic amines) is 2. The third-order valence-electron chi connectivity index (χ3n) is 7.24. The first-order chi connectivity index (χ1) is 17.0. The highest BCUT2D eigenvalue weighted by Crippen LogP contribution is 2.40. The number of nitrogens with two attached hydrogens (primary N) is 1. The van der Waals surface area contributed by atoms with Crippen molar-refractivity contribution < 1.29 is 23.5 Å². The predicted molar refractivity (Wildman–Crippen MR) is 131 cm³/mol. The van der Waals surface area contributed by atoms with Gasteiger partial charge in [0.05, 0.1) is 12.1 Å². The zero-order valence-electron chi connectivity index (χ0n) is 20.9. The molecule has 10 heteroatoms. The summed E-state index contributed by atoms with van der Waals surface area (Å²) in [4.78, 5) is 26.6. The van der Waals surface area contributed by atoms with Gasteiger partial charge in [-0.25, -0.2) is 13.6 Å². The van der Waals surface area contributed by atoms with Crippen LogP contribution in [0, 0.1) is 16.7 Å². The lowest BCUT2D eigenvalue weighted by molar-refractivity contribution is -0.125. The number of nitrogens with one attached hydrogen (secondary N) is 1. The van der Waals surface area contributed by atoms with Crippen LogP contribution in [0.15, 0.2) is 30.3 Å². The van der Waals surface area contributed by atoms with Crippen molar-refractivity contribution in [3.05, 3.63) is 35.9 Å². The van der Waals surface area contributed by atoms with Crippen molar-refractivity contribution in [3.63, 3.8) is 0 Å². The Labute approximate surface area is 211 Å². The quantitative estimate of drug-likeness (QED) is 0.499. The van der Waals surface area contributed by atoms with Crippen LogP contribution in [0.3, 0.4) is 0 Å². The van der Waals surface area contributed by atoms with E-state index in [1.54, 1.807) is 35.2 Å². The summed E-state index contributed by atoms with van der Waals surface area (Å²) in [6, 6.07) is 8.96. The molecule has 1 aliphatic carbocycles. The highest BCUT2D eigenvalue weighted by atomic mass is 19.3. The molecule has 1 atom stereocenters. The largest absolute Gasteiger partial charge is 0.465 e. The van der Waals surface area contributed by atoms with Crippen molar-refractivity contribution in [2.24, 2.45) is 11.1 Å². The monoisotopic (exact) mass is 505 g/mol. The second kappa shape index (κ2) is 11.5. The lowest BCUT2D eigenvalue weighted by atomic mass is 9.72. The fraction of sp³-hybridized carbons (Fsp3) is 0.654. The van der Waals surface area contributed by atoms with Crippen LogP contribution < -0.4 is 11.1 Å². The molecular weight excluding hydrogens is 468 g/mol. The minimum Gasteiger partial charge on any atom is -0.465 e. The number of carbonyl (C=O) groups excluding carboxylic acids is 1. The first-order valence-corrected chi connectivity index (χ1v) is 12.6. The van der Waals surface area contributed by atoms with Crippen molar-refractivity contribution in [3.8, 4) is 6.07 Å². The summed E-state index contributed by atoms with van der Waals surface area (Å²) < 4.78 is 27.9. The first kappa shape index (κ1) is 27.8. The number of nitrogens with zero attached hydrogens (tertiary/aromatic N) is 3. The predicted octanol–water partition coefficient (Wildman–Crippen LogP) is 3.23. The Kier molecular flexibility index (Phi) is 8.90. The van der Waals surface area contributed by atoms with E-state index in [4.69, 9.17) is 16.1 Å². The van der Waals surface area contributed by atoms with Gasteiger partial charge in [-0.05, 0) is 49.6 Å². The Morgan fingerprint density at radius 1 is 1.19 bits per heavy atom. The molecule has 2 saturated heterocycles. The van der Waals surface area contributed by atoms with Gasteiger partial charge in [0.15, 0.2) is 0 Å². The van der Waals surface area contributed by atoms with Gasteiger partial charge in [-0.3, -0.25) is 4.79 Å². The highest BCUT2D eigenvalue weighted by molar-refractivity contribution is 5.83. The number of carboxylic acid groups (broad SMARTS) is 1. The van der Waals surface area contributed by atoms with Gasteiger partial charge in [0.1, 0.15) is 5.54 Å². The molecule has 3 aliphatic rings. The number of nitriles is 1. The lowest BCUT2D eigenvalue weighted by Crippen LogP contribution is -2.60. The van der Waals surface area contributed by atoms with E-state index in [0.29, 0.717) is 23.8 Å². The molecule has 1 spiro atoms. The SMILES string of the molecule is CCCN1CC2(CCN(C(=O)O)CC2)C1.N#CC1(NC(=O)[C@@H](N)CC(F)(F)Cc2ccccc2)CC1. The van der Waals surface area contributed by atoms with E-state index in [9.17, 15) is 18.4 Å². The molecule has 36 heavy (non-hydrogen) atoms. The van der Waals surface area contributed by atoms with Crippen molar-refractivity contribution in [2.45, 2.75) is 69.4 Å². The van der Waals surface area contributed by atoms with E-state index in [-0.39, 0.29) is 0 Å². The third kappa shape index (κ3) is 7.61. The van der Waals surface area contributed by atoms with Crippen LogP contribution in [0.2, 0.25) is 0 Å². The van der Waals surface area contributed by atoms with Gasteiger partial charge in [-0.15, -0.1) is 0 Å². The summed E-state index contributed by atoms with van der Waals surface area (Å²) in [6.07, 6.45) is 2.46. The molecule has 0 radical (unpaired) electrons. The molecule has 0 aromatic heterocycles. The Morgan fingerprint density at radius 2 is 1.81 bits per heavy atom. The molecule has 0 bridgehead atoms. The van der Waals surface area contributed by atoms with E-state index >= 15 is 0 Å². The maximum absolute atomic E-state index is 13.9. The van der Waals surface area contributed by atoms with Crippen LogP contribution >= 0.6 is 0 Å². The average molecular weight is 506 g/mol. The van der Waals surface area contributed by atoms with Crippen LogP contribution in [-0.4, -0.2) is 77.1 Å². The Morgan fingerprint density at radius 3 is 2.31 bits per heavy atom. The number of benzene rings is 1. The van der Waals surface area contributed by atoms with Crippen LogP contribution in [-0.2, 0) is 11.2 Å². The van der Waals surface area contributed by atoms with E-state index < -0.39 is 42.3 Å². The number of halogens is 2. The normalized spacial score (nSPS) is 20.8. The lowest BCUT2D eigenvalue weighted by Gasteiger charge is -2.53. The van der Waals surface area contributed by atoms with Crippen molar-refractivity contribution >= 4 is 12.0 Å². The van der Waals surface area contributed by atoms with Gasteiger partial charge in [0.2, 0.25) is 5.91 Å². The van der Waals surface area contributed by atoms with E-state index in [2.05, 4.69) is 17.1 Å². The average Bonchev–Trinajstić information content (AvgIpc) is 3.59. The topological polar surface area (TPSA) is 123 Å². The molecule has 198 valence electrons. The van der Waals surface area contributed by atoms with Crippen molar-refractivity contribution in [1.82, 2.24) is 15.1 Å². The standard InChI is InChI=1S/C15H17F2N3O.C11H20N2O2/c16-15(17,8-11-4-2-1-3-5-11)9-12(19)13(21)20-14(10-18)6-7-14;1-2-5-12-8-11(9-12)3-6-13(7-4-11)10(14)15/h1-5,12H,6-9,19H2,(H,20,21);2-9H2,1H3,(H,14,15)/t12-;/m0./s1. The summed E-state index contributed by atoms with van der Waals surface area (Å²) in [6.45, 7) is 7.25. The summed E-state index contributed by atoms with van der Waals surface area (Å²) >= 11 is 0. The number of carbonyl (C=O) groups is 2. The fourth-order valence-corrected chi connectivity index (χ4v) is 4.96. The third-order valence-corrected chi connectivity index (χ3v) is 7.24. The second-order valence-electron chi connectivity index (χ2n) is 10.5. The fourth-order valence-electron chi connectivity index (χ4n) is 4.96. The number of amides is 2. The number of alkyl halides is 2. The minimum absolute atomic E-state index is 0.459. The van der Waals surface area contributed by atoms with Crippen LogP contribution in [0.1, 0.15) is 51.0 Å². The van der Waals surface area contributed by atoms with E-state index in [1.807, 2.05) is 6.07 Å². The summed E-state index contributed by atoms with van der Waals surface area (Å²) in [7, 11) is 0. The molecule has 1 aromatic rings. The Bertz CT molecular complexity index is 933. The van der Waals surface area contributed by atoms with Gasteiger partial charge in [0, 0.05) is 39.0 Å². The Balaban J connectivity index is 0.000000212. The van der Waals surface area contributed by atoms with Crippen LogP contribution in [0.5, 0.6) is 0 Å². The molecule has 2 aliphatic heterocycles. The first-order valence-electron chi connectivity index (χ1n) is 12.6. The molecule has 1 saturated carbocycles. The maximum Gasteiger partial charge on any atom is 0.407 e. The smallest absolute Gasteiger partial charge is 0.407 e. The highest BCUT2D eigenvalue weighted by Gasteiger charge is 2.46. The van der Waals surface area contributed by atoms with Crippen LogP contribution in [0.25, 0.3) is 0 Å². The minimum atomic E-state index is -3.07. The molecular formula is C26H37F2N5O3. The summed E-state index contributed by atoms with van der Waals surface area (Å²) in [5.74, 6) is -3.76. The molecule has 8 nitrogen and oxygen atoms in total. The number of hydrogen-bond donors (Lipinski definition) is 3. The van der Waals surface area contributed by atoms with E-state index in [1.165, 1.54) is 26.1 Å².